The zero-order chi connectivity index (χ0) is 11.3. The summed E-state index contributed by atoms with van der Waals surface area (Å²) in [7, 11) is 0. The molecule has 0 aromatic rings. The maximum atomic E-state index is 11.7. The Morgan fingerprint density at radius 2 is 1.87 bits per heavy atom. The van der Waals surface area contributed by atoms with Crippen molar-refractivity contribution in [2.75, 3.05) is 0 Å². The van der Waals surface area contributed by atoms with Crippen molar-refractivity contribution in [3.05, 3.63) is 0 Å². The van der Waals surface area contributed by atoms with Gasteiger partial charge in [-0.15, -0.1) is 0 Å². The molecule has 88 valence electrons. The highest BCUT2D eigenvalue weighted by atomic mass is 16.1. The maximum absolute atomic E-state index is 11.7. The van der Waals surface area contributed by atoms with E-state index in [4.69, 9.17) is 5.73 Å². The van der Waals surface area contributed by atoms with E-state index in [1.54, 1.807) is 0 Å². The van der Waals surface area contributed by atoms with E-state index in [0.717, 1.165) is 12.3 Å². The van der Waals surface area contributed by atoms with Gasteiger partial charge in [-0.2, -0.15) is 0 Å². The monoisotopic (exact) mass is 211 g/mol. The number of hydrogen-bond donors (Lipinski definition) is 1. The molecule has 1 aliphatic rings. The first-order valence-corrected chi connectivity index (χ1v) is 6.39. The van der Waals surface area contributed by atoms with Gasteiger partial charge in [-0.3, -0.25) is 4.79 Å². The van der Waals surface area contributed by atoms with Crippen LogP contribution in [-0.2, 0) is 4.79 Å². The summed E-state index contributed by atoms with van der Waals surface area (Å²) in [6.07, 6.45) is 8.51. The Hall–Kier alpha value is -0.370. The van der Waals surface area contributed by atoms with Crippen molar-refractivity contribution in [1.82, 2.24) is 0 Å². The van der Waals surface area contributed by atoms with E-state index < -0.39 is 0 Å². The summed E-state index contributed by atoms with van der Waals surface area (Å²) in [5, 5.41) is 0. The molecule has 2 N–H and O–H groups in total. The summed E-state index contributed by atoms with van der Waals surface area (Å²) >= 11 is 0. The summed E-state index contributed by atoms with van der Waals surface area (Å²) < 4.78 is 0. The van der Waals surface area contributed by atoms with Crippen LogP contribution in [0.1, 0.15) is 58.8 Å². The van der Waals surface area contributed by atoms with Gasteiger partial charge in [-0.05, 0) is 18.3 Å². The molecule has 1 saturated carbocycles. The molecule has 2 heteroatoms. The molecule has 0 aromatic heterocycles. The van der Waals surface area contributed by atoms with Crippen molar-refractivity contribution in [2.45, 2.75) is 64.8 Å². The lowest BCUT2D eigenvalue weighted by Gasteiger charge is -2.22. The van der Waals surface area contributed by atoms with Gasteiger partial charge in [0.25, 0.3) is 0 Å². The van der Waals surface area contributed by atoms with Gasteiger partial charge in [0.1, 0.15) is 5.78 Å². The predicted octanol–water partition coefficient (Wildman–Crippen LogP) is 2.90. The van der Waals surface area contributed by atoms with Crippen molar-refractivity contribution >= 4 is 5.78 Å². The molecule has 1 atom stereocenters. The molecule has 0 spiro atoms. The fourth-order valence-corrected chi connectivity index (χ4v) is 2.36. The normalized spacial score (nSPS) is 20.5. The molecule has 0 amide bonds. The highest BCUT2D eigenvalue weighted by Gasteiger charge is 2.19. The van der Waals surface area contributed by atoms with Gasteiger partial charge in [-0.25, -0.2) is 0 Å². The largest absolute Gasteiger partial charge is 0.321 e. The lowest BCUT2D eigenvalue weighted by Crippen LogP contribution is -2.35. The number of ketones is 1. The Morgan fingerprint density at radius 1 is 1.27 bits per heavy atom. The van der Waals surface area contributed by atoms with Crippen molar-refractivity contribution in [3.8, 4) is 0 Å². The van der Waals surface area contributed by atoms with Crippen LogP contribution in [0.25, 0.3) is 0 Å². The fraction of sp³-hybridized carbons (Fsp3) is 0.923. The van der Waals surface area contributed by atoms with Gasteiger partial charge >= 0.3 is 0 Å². The zero-order valence-electron chi connectivity index (χ0n) is 10.2. The van der Waals surface area contributed by atoms with Crippen molar-refractivity contribution in [3.63, 3.8) is 0 Å². The number of carbonyl (C=O) groups excluding carboxylic acids is 1. The second kappa shape index (κ2) is 6.26. The van der Waals surface area contributed by atoms with E-state index in [0.29, 0.717) is 6.42 Å². The van der Waals surface area contributed by atoms with Gasteiger partial charge < -0.3 is 5.73 Å². The molecule has 0 bridgehead atoms. The van der Waals surface area contributed by atoms with E-state index in [-0.39, 0.29) is 17.7 Å². The average Bonchev–Trinajstić information content (AvgIpc) is 2.26. The minimum absolute atomic E-state index is 0.242. The van der Waals surface area contributed by atoms with Crippen LogP contribution >= 0.6 is 0 Å². The van der Waals surface area contributed by atoms with Crippen LogP contribution in [-0.4, -0.2) is 11.8 Å². The van der Waals surface area contributed by atoms with Crippen molar-refractivity contribution in [1.29, 1.82) is 0 Å². The molecule has 0 heterocycles. The van der Waals surface area contributed by atoms with E-state index >= 15 is 0 Å². The van der Waals surface area contributed by atoms with Crippen LogP contribution in [0.5, 0.6) is 0 Å². The van der Waals surface area contributed by atoms with Crippen LogP contribution in [0.15, 0.2) is 0 Å². The second-order valence-corrected chi connectivity index (χ2v) is 5.28. The molecule has 1 aliphatic carbocycles. The minimum atomic E-state index is -0.242. The molecule has 0 unspecified atom stereocenters. The molecule has 15 heavy (non-hydrogen) atoms. The molecule has 1 fully saturated rings. The average molecular weight is 211 g/mol. The fourth-order valence-electron chi connectivity index (χ4n) is 2.36. The van der Waals surface area contributed by atoms with Gasteiger partial charge in [0.2, 0.25) is 0 Å². The Morgan fingerprint density at radius 3 is 2.40 bits per heavy atom. The molecular formula is C13H25NO. The molecule has 0 aliphatic heterocycles. The number of carbonyl (C=O) groups is 1. The topological polar surface area (TPSA) is 43.1 Å². The summed E-state index contributed by atoms with van der Waals surface area (Å²) in [5.41, 5.74) is 5.83. The predicted molar refractivity (Wildman–Crippen MR) is 63.6 cm³/mol. The Labute approximate surface area is 93.6 Å². The molecule has 0 saturated heterocycles. The van der Waals surface area contributed by atoms with Crippen LogP contribution in [0.2, 0.25) is 0 Å². The first-order valence-electron chi connectivity index (χ1n) is 6.39. The Balaban J connectivity index is 2.20. The smallest absolute Gasteiger partial charge is 0.149 e. The maximum Gasteiger partial charge on any atom is 0.149 e. The third kappa shape index (κ3) is 4.33. The van der Waals surface area contributed by atoms with E-state index in [1.165, 1.54) is 32.1 Å². The first kappa shape index (κ1) is 12.7. The number of nitrogens with two attached hydrogens (primary N) is 1. The van der Waals surface area contributed by atoms with Gasteiger partial charge in [0.05, 0.1) is 6.04 Å². The summed E-state index contributed by atoms with van der Waals surface area (Å²) in [6.45, 7) is 4.03. The van der Waals surface area contributed by atoms with E-state index in [2.05, 4.69) is 0 Å². The molecule has 1 rings (SSSR count). The van der Waals surface area contributed by atoms with Crippen molar-refractivity contribution in [2.24, 2.45) is 17.6 Å². The van der Waals surface area contributed by atoms with Crippen LogP contribution in [0, 0.1) is 11.8 Å². The molecule has 2 nitrogen and oxygen atoms in total. The highest BCUT2D eigenvalue weighted by Crippen LogP contribution is 2.27. The Bertz CT molecular complexity index is 195. The Kier molecular flexibility index (Phi) is 5.30. The van der Waals surface area contributed by atoms with Gasteiger partial charge in [0, 0.05) is 6.42 Å². The number of hydrogen-bond acceptors (Lipinski definition) is 2. The first-order chi connectivity index (χ1) is 7.11. The number of Topliss-reactive ketones (excluding diaryl/α,β-unsaturated/α-hetero) is 1. The lowest BCUT2D eigenvalue weighted by molar-refractivity contribution is -0.121. The summed E-state index contributed by atoms with van der Waals surface area (Å²) in [6, 6.07) is -0.242. The molecular weight excluding hydrogens is 186 g/mol. The van der Waals surface area contributed by atoms with E-state index in [1.807, 2.05) is 13.8 Å². The van der Waals surface area contributed by atoms with Gasteiger partial charge in [0.15, 0.2) is 0 Å². The minimum Gasteiger partial charge on any atom is -0.321 e. The van der Waals surface area contributed by atoms with Crippen LogP contribution in [0.4, 0.5) is 0 Å². The standard InChI is InChI=1S/C13H25NO/c1-10(2)13(14)12(15)9-8-11-6-4-3-5-7-11/h10-11,13H,3-9,14H2,1-2H3/t13-/m1/s1. The van der Waals surface area contributed by atoms with Crippen molar-refractivity contribution < 1.29 is 4.79 Å². The lowest BCUT2D eigenvalue weighted by atomic mass is 9.84. The summed E-state index contributed by atoms with van der Waals surface area (Å²) in [5.74, 6) is 1.33. The van der Waals surface area contributed by atoms with Crippen LogP contribution in [0.3, 0.4) is 0 Å². The van der Waals surface area contributed by atoms with Crippen LogP contribution < -0.4 is 5.73 Å². The summed E-state index contributed by atoms with van der Waals surface area (Å²) in [4.78, 5) is 11.7. The highest BCUT2D eigenvalue weighted by molar-refractivity contribution is 5.83. The SMILES string of the molecule is CC(C)[C@@H](N)C(=O)CCC1CCCCC1. The van der Waals surface area contributed by atoms with Gasteiger partial charge in [-0.1, -0.05) is 46.0 Å². The second-order valence-electron chi connectivity index (χ2n) is 5.28. The quantitative estimate of drug-likeness (QED) is 0.760. The molecule has 0 radical (unpaired) electrons. The third-order valence-electron chi connectivity index (χ3n) is 3.61. The zero-order valence-corrected chi connectivity index (χ0v) is 10.2. The van der Waals surface area contributed by atoms with E-state index in [9.17, 15) is 4.79 Å². The molecule has 0 aromatic carbocycles. The number of rotatable bonds is 5. The third-order valence-corrected chi connectivity index (χ3v) is 3.61.